The summed E-state index contributed by atoms with van der Waals surface area (Å²) in [6.45, 7) is 4.22. The molecule has 0 amide bonds. The van der Waals surface area contributed by atoms with E-state index in [1.165, 1.54) is 30.5 Å². The first-order valence-electron chi connectivity index (χ1n) is 5.69. The molecule has 2 rings (SSSR count). The lowest BCUT2D eigenvalue weighted by atomic mass is 10.1. The summed E-state index contributed by atoms with van der Waals surface area (Å²) in [7, 11) is 0. The molecule has 4 heteroatoms. The molecule has 2 aromatic rings. The van der Waals surface area contributed by atoms with E-state index in [-0.39, 0.29) is 5.56 Å². The Morgan fingerprint density at radius 2 is 2.25 bits per heavy atom. The number of aromatic amines is 1. The quantitative estimate of drug-likeness (QED) is 0.829. The van der Waals surface area contributed by atoms with Crippen LogP contribution in [0.15, 0.2) is 11.1 Å². The lowest BCUT2D eigenvalue weighted by Gasteiger charge is -1.97. The van der Waals surface area contributed by atoms with Crippen molar-refractivity contribution < 1.29 is 0 Å². The maximum Gasteiger partial charge on any atom is 0.259 e. The van der Waals surface area contributed by atoms with Gasteiger partial charge in [-0.2, -0.15) is 0 Å². The minimum absolute atomic E-state index is 0.0134. The van der Waals surface area contributed by atoms with E-state index in [1.807, 2.05) is 6.92 Å². The maximum atomic E-state index is 11.7. The number of aryl methyl sites for hydroxylation is 2. The Bertz CT molecular complexity index is 541. The highest BCUT2D eigenvalue weighted by Crippen LogP contribution is 2.27. The van der Waals surface area contributed by atoms with E-state index < -0.39 is 0 Å². The number of nitrogens with one attached hydrogen (secondary N) is 1. The van der Waals surface area contributed by atoms with Crippen molar-refractivity contribution in [3.63, 3.8) is 0 Å². The fourth-order valence-electron chi connectivity index (χ4n) is 1.90. The van der Waals surface area contributed by atoms with E-state index in [1.54, 1.807) is 11.3 Å². The number of hydrogen-bond donors (Lipinski definition) is 1. The monoisotopic (exact) mass is 236 g/mol. The Hall–Kier alpha value is -1.16. The number of hydrogen-bond acceptors (Lipinski definition) is 3. The molecule has 86 valence electrons. The van der Waals surface area contributed by atoms with Crippen LogP contribution in [0.3, 0.4) is 0 Å². The fourth-order valence-corrected chi connectivity index (χ4v) is 3.09. The molecule has 0 saturated heterocycles. The van der Waals surface area contributed by atoms with Gasteiger partial charge in [0.25, 0.3) is 5.56 Å². The van der Waals surface area contributed by atoms with Gasteiger partial charge >= 0.3 is 0 Å². The minimum atomic E-state index is -0.0134. The molecule has 0 atom stereocenters. The number of unbranched alkanes of at least 4 members (excludes halogenated alkanes) is 2. The lowest BCUT2D eigenvalue weighted by Crippen LogP contribution is -2.05. The standard InChI is InChI=1S/C12H16N2OS/c1-3-4-5-6-9-8(2)10-11(15)13-7-14-12(10)16-9/h7H,3-6H2,1-2H3,(H,13,14,15). The van der Waals surface area contributed by atoms with Gasteiger partial charge in [0, 0.05) is 4.88 Å². The third-order valence-electron chi connectivity index (χ3n) is 2.84. The molecule has 1 N–H and O–H groups in total. The van der Waals surface area contributed by atoms with Gasteiger partial charge < -0.3 is 4.98 Å². The molecule has 0 aliphatic heterocycles. The predicted molar refractivity (Wildman–Crippen MR) is 68.2 cm³/mol. The van der Waals surface area contributed by atoms with Gasteiger partial charge in [-0.1, -0.05) is 19.8 Å². The van der Waals surface area contributed by atoms with Crippen molar-refractivity contribution >= 4 is 21.6 Å². The third-order valence-corrected chi connectivity index (χ3v) is 4.10. The van der Waals surface area contributed by atoms with Crippen LogP contribution in [0.4, 0.5) is 0 Å². The summed E-state index contributed by atoms with van der Waals surface area (Å²) < 4.78 is 0. The van der Waals surface area contributed by atoms with Crippen LogP contribution < -0.4 is 5.56 Å². The highest BCUT2D eigenvalue weighted by atomic mass is 32.1. The molecule has 0 bridgehead atoms. The third kappa shape index (κ3) is 2.02. The van der Waals surface area contributed by atoms with Crippen LogP contribution in [-0.2, 0) is 6.42 Å². The topological polar surface area (TPSA) is 45.8 Å². The van der Waals surface area contributed by atoms with Crippen molar-refractivity contribution in [2.75, 3.05) is 0 Å². The predicted octanol–water partition coefficient (Wildman–Crippen LogP) is 3.03. The van der Waals surface area contributed by atoms with Crippen molar-refractivity contribution in [2.45, 2.75) is 39.5 Å². The first-order valence-corrected chi connectivity index (χ1v) is 6.51. The van der Waals surface area contributed by atoms with E-state index in [0.29, 0.717) is 0 Å². The summed E-state index contributed by atoms with van der Waals surface area (Å²) in [5, 5.41) is 0.777. The van der Waals surface area contributed by atoms with Gasteiger partial charge in [0.15, 0.2) is 0 Å². The summed E-state index contributed by atoms with van der Waals surface area (Å²) >= 11 is 1.66. The lowest BCUT2D eigenvalue weighted by molar-refractivity contribution is 0.721. The molecule has 0 aromatic carbocycles. The molecule has 0 radical (unpaired) electrons. The normalized spacial score (nSPS) is 11.1. The number of rotatable bonds is 4. The number of nitrogens with zero attached hydrogens (tertiary/aromatic N) is 1. The fraction of sp³-hybridized carbons (Fsp3) is 0.500. The first-order chi connectivity index (χ1) is 7.74. The molecular weight excluding hydrogens is 220 g/mol. The number of fused-ring (bicyclic) bond motifs is 1. The highest BCUT2D eigenvalue weighted by Gasteiger charge is 2.11. The molecular formula is C12H16N2OS. The van der Waals surface area contributed by atoms with E-state index in [2.05, 4.69) is 16.9 Å². The van der Waals surface area contributed by atoms with Crippen LogP contribution in [0.2, 0.25) is 0 Å². The Morgan fingerprint density at radius 3 is 2.94 bits per heavy atom. The maximum absolute atomic E-state index is 11.7. The van der Waals surface area contributed by atoms with Crippen molar-refractivity contribution in [1.82, 2.24) is 9.97 Å². The Morgan fingerprint density at radius 1 is 1.44 bits per heavy atom. The summed E-state index contributed by atoms with van der Waals surface area (Å²) in [6.07, 6.45) is 6.22. The average Bonchev–Trinajstić information content (AvgIpc) is 2.58. The molecule has 0 aliphatic rings. The van der Waals surface area contributed by atoms with Gasteiger partial charge in [-0.25, -0.2) is 4.98 Å². The SMILES string of the molecule is CCCCCc1sc2nc[nH]c(=O)c2c1C. The molecule has 0 fully saturated rings. The van der Waals surface area contributed by atoms with Crippen LogP contribution in [0.25, 0.3) is 10.2 Å². The summed E-state index contributed by atoms with van der Waals surface area (Å²) in [4.78, 5) is 20.7. The number of thiophene rings is 1. The van der Waals surface area contributed by atoms with Crippen LogP contribution >= 0.6 is 11.3 Å². The van der Waals surface area contributed by atoms with Gasteiger partial charge in [0.05, 0.1) is 11.7 Å². The smallest absolute Gasteiger partial charge is 0.259 e. The second-order valence-electron chi connectivity index (χ2n) is 4.02. The second kappa shape index (κ2) is 4.78. The Kier molecular flexibility index (Phi) is 3.39. The molecule has 0 aliphatic carbocycles. The molecule has 2 heterocycles. The van der Waals surface area contributed by atoms with E-state index in [9.17, 15) is 4.79 Å². The van der Waals surface area contributed by atoms with Crippen LogP contribution in [-0.4, -0.2) is 9.97 Å². The second-order valence-corrected chi connectivity index (χ2v) is 5.10. The molecule has 2 aromatic heterocycles. The zero-order valence-corrected chi connectivity index (χ0v) is 10.5. The van der Waals surface area contributed by atoms with Gasteiger partial charge in [-0.3, -0.25) is 4.79 Å². The van der Waals surface area contributed by atoms with E-state index in [4.69, 9.17) is 0 Å². The number of H-pyrrole nitrogens is 1. The largest absolute Gasteiger partial charge is 0.313 e. The number of aromatic nitrogens is 2. The molecule has 0 saturated carbocycles. The van der Waals surface area contributed by atoms with Crippen molar-refractivity contribution in [3.05, 3.63) is 27.1 Å². The molecule has 3 nitrogen and oxygen atoms in total. The van der Waals surface area contributed by atoms with Crippen molar-refractivity contribution in [2.24, 2.45) is 0 Å². The van der Waals surface area contributed by atoms with Crippen LogP contribution in [0.1, 0.15) is 36.6 Å². The zero-order valence-electron chi connectivity index (χ0n) is 9.67. The van der Waals surface area contributed by atoms with Crippen LogP contribution in [0.5, 0.6) is 0 Å². The van der Waals surface area contributed by atoms with Gasteiger partial charge in [0.1, 0.15) is 4.83 Å². The van der Waals surface area contributed by atoms with E-state index >= 15 is 0 Å². The zero-order chi connectivity index (χ0) is 11.5. The van der Waals surface area contributed by atoms with Gasteiger partial charge in [-0.05, 0) is 25.3 Å². The molecule has 16 heavy (non-hydrogen) atoms. The van der Waals surface area contributed by atoms with Crippen molar-refractivity contribution in [1.29, 1.82) is 0 Å². The van der Waals surface area contributed by atoms with Gasteiger partial charge in [0.2, 0.25) is 0 Å². The highest BCUT2D eigenvalue weighted by molar-refractivity contribution is 7.18. The molecule has 0 unspecified atom stereocenters. The summed E-state index contributed by atoms with van der Waals surface area (Å²) in [5.74, 6) is 0. The summed E-state index contributed by atoms with van der Waals surface area (Å²) in [5.41, 5.74) is 1.10. The average molecular weight is 236 g/mol. The Labute approximate surface area is 98.5 Å². The first kappa shape index (κ1) is 11.3. The van der Waals surface area contributed by atoms with Crippen molar-refractivity contribution in [3.8, 4) is 0 Å². The molecule has 0 spiro atoms. The Balaban J connectivity index is 2.37. The van der Waals surface area contributed by atoms with E-state index in [0.717, 1.165) is 22.2 Å². The van der Waals surface area contributed by atoms with Crippen LogP contribution in [0, 0.1) is 6.92 Å². The van der Waals surface area contributed by atoms with Gasteiger partial charge in [-0.15, -0.1) is 11.3 Å². The minimum Gasteiger partial charge on any atom is -0.313 e. The summed E-state index contributed by atoms with van der Waals surface area (Å²) in [6, 6.07) is 0.